The lowest BCUT2D eigenvalue weighted by molar-refractivity contribution is 0.117. The summed E-state index contributed by atoms with van der Waals surface area (Å²) in [5.41, 5.74) is 1.05. The summed E-state index contributed by atoms with van der Waals surface area (Å²) in [6.45, 7) is 12.4. The van der Waals surface area contributed by atoms with Crippen molar-refractivity contribution in [2.45, 2.75) is 45.7 Å². The Hall–Kier alpha value is -2.78. The van der Waals surface area contributed by atoms with Crippen LogP contribution in [-0.4, -0.2) is 74.8 Å². The van der Waals surface area contributed by atoms with Crippen LogP contribution in [-0.2, 0) is 5.54 Å². The molecule has 0 spiro atoms. The van der Waals surface area contributed by atoms with Crippen LogP contribution in [0.3, 0.4) is 0 Å². The fourth-order valence-electron chi connectivity index (χ4n) is 4.19. The predicted octanol–water partition coefficient (Wildman–Crippen LogP) is 2.40. The molecule has 1 aliphatic heterocycles. The van der Waals surface area contributed by atoms with E-state index in [0.29, 0.717) is 18.0 Å². The Balaban J connectivity index is 1.87. The fraction of sp³-hybridized carbons (Fsp3) is 0.565. The monoisotopic (exact) mass is 439 g/mol. The molecule has 1 saturated heterocycles. The number of benzene rings is 1. The van der Waals surface area contributed by atoms with Gasteiger partial charge in [0, 0.05) is 42.6 Å². The topological polar surface area (TPSA) is 92.2 Å². The zero-order chi connectivity index (χ0) is 22.9. The molecule has 0 saturated carbocycles. The van der Waals surface area contributed by atoms with E-state index in [-0.39, 0.29) is 17.1 Å². The Morgan fingerprint density at radius 3 is 2.59 bits per heavy atom. The predicted molar refractivity (Wildman–Crippen MR) is 124 cm³/mol. The molecule has 32 heavy (non-hydrogen) atoms. The molecule has 1 unspecified atom stereocenters. The maximum atomic E-state index is 13.3. The van der Waals surface area contributed by atoms with E-state index in [1.165, 1.54) is 0 Å². The van der Waals surface area contributed by atoms with Crippen molar-refractivity contribution in [3.05, 3.63) is 46.0 Å². The van der Waals surface area contributed by atoms with Crippen molar-refractivity contribution in [3.63, 3.8) is 0 Å². The Morgan fingerprint density at radius 2 is 1.91 bits per heavy atom. The summed E-state index contributed by atoms with van der Waals surface area (Å²) in [5, 5.41) is 13.7. The van der Waals surface area contributed by atoms with Crippen molar-refractivity contribution in [2.75, 3.05) is 39.8 Å². The van der Waals surface area contributed by atoms with Gasteiger partial charge < -0.3 is 14.6 Å². The molecule has 1 aromatic carbocycles. The van der Waals surface area contributed by atoms with Crippen LogP contribution < -0.4 is 10.3 Å². The second-order valence-corrected chi connectivity index (χ2v) is 9.09. The summed E-state index contributed by atoms with van der Waals surface area (Å²) in [6.07, 6.45) is 0.867. The summed E-state index contributed by atoms with van der Waals surface area (Å²) in [4.78, 5) is 21.0. The number of pyridine rings is 1. The zero-order valence-corrected chi connectivity index (χ0v) is 19.6. The molecule has 0 amide bonds. The van der Waals surface area contributed by atoms with Crippen molar-refractivity contribution >= 4 is 10.9 Å². The normalized spacial score (nSPS) is 17.0. The molecule has 1 N–H and O–H groups in total. The quantitative estimate of drug-likeness (QED) is 0.604. The first-order valence-corrected chi connectivity index (χ1v) is 11.3. The molecular formula is C23H33N7O2. The molecule has 0 aliphatic carbocycles. The first-order valence-electron chi connectivity index (χ1n) is 11.3. The average Bonchev–Trinajstić information content (AvgIpc) is 3.26. The smallest absolute Gasteiger partial charge is 0.253 e. The maximum Gasteiger partial charge on any atom is 0.253 e. The number of hydrogen-bond acceptors (Lipinski definition) is 7. The van der Waals surface area contributed by atoms with Crippen molar-refractivity contribution < 1.29 is 4.74 Å². The number of rotatable bonds is 7. The number of nitrogens with zero attached hydrogens (tertiary/aromatic N) is 6. The van der Waals surface area contributed by atoms with Crippen LogP contribution in [0.15, 0.2) is 29.1 Å². The number of aromatic amines is 1. The maximum absolute atomic E-state index is 13.3. The van der Waals surface area contributed by atoms with Crippen LogP contribution in [0.5, 0.6) is 5.75 Å². The van der Waals surface area contributed by atoms with Crippen molar-refractivity contribution in [3.8, 4) is 5.75 Å². The van der Waals surface area contributed by atoms with Gasteiger partial charge in [0.25, 0.3) is 5.56 Å². The number of hydrogen-bond donors (Lipinski definition) is 1. The lowest BCUT2D eigenvalue weighted by Crippen LogP contribution is -2.48. The minimum Gasteiger partial charge on any atom is -0.494 e. The fourth-order valence-corrected chi connectivity index (χ4v) is 4.19. The van der Waals surface area contributed by atoms with Gasteiger partial charge >= 0.3 is 0 Å². The van der Waals surface area contributed by atoms with Gasteiger partial charge in [-0.3, -0.25) is 9.69 Å². The molecule has 0 radical (unpaired) electrons. The number of fused-ring (bicyclic) bond motifs is 1. The third-order valence-electron chi connectivity index (χ3n) is 6.53. The van der Waals surface area contributed by atoms with Crippen molar-refractivity contribution in [1.29, 1.82) is 0 Å². The second kappa shape index (κ2) is 8.99. The SMILES string of the molecule is CCOc1ccc2[nH]c(=O)c(C(c3nnnn3C(C)(C)CC)N3CCN(C)CC3)cc2c1. The largest absolute Gasteiger partial charge is 0.494 e. The molecule has 1 fully saturated rings. The van der Waals surface area contributed by atoms with E-state index in [9.17, 15) is 4.79 Å². The molecule has 3 aromatic rings. The minimum absolute atomic E-state index is 0.116. The summed E-state index contributed by atoms with van der Waals surface area (Å²) in [5.74, 6) is 1.48. The van der Waals surface area contributed by atoms with E-state index in [1.54, 1.807) is 0 Å². The van der Waals surface area contributed by atoms with Gasteiger partial charge in [0.2, 0.25) is 0 Å². The van der Waals surface area contributed by atoms with Crippen molar-refractivity contribution in [2.24, 2.45) is 0 Å². The van der Waals surface area contributed by atoms with Gasteiger partial charge in [-0.2, -0.15) is 0 Å². The van der Waals surface area contributed by atoms with Gasteiger partial charge in [0.1, 0.15) is 11.8 Å². The van der Waals surface area contributed by atoms with Gasteiger partial charge in [0.15, 0.2) is 5.82 Å². The Labute approximate surface area is 188 Å². The summed E-state index contributed by atoms with van der Waals surface area (Å²) in [6, 6.07) is 7.37. The lowest BCUT2D eigenvalue weighted by atomic mass is 9.99. The minimum atomic E-state index is -0.339. The van der Waals surface area contributed by atoms with Crippen LogP contribution in [0.25, 0.3) is 10.9 Å². The molecule has 172 valence electrons. The van der Waals surface area contributed by atoms with E-state index in [0.717, 1.165) is 49.3 Å². The molecular weight excluding hydrogens is 406 g/mol. The summed E-state index contributed by atoms with van der Waals surface area (Å²) >= 11 is 0. The van der Waals surface area contributed by atoms with Crippen molar-refractivity contribution in [1.82, 2.24) is 35.0 Å². The van der Waals surface area contributed by atoms with E-state index in [4.69, 9.17) is 4.74 Å². The standard InChI is InChI=1S/C23H33N7O2/c1-6-23(3,4)30-21(25-26-27-30)20(29-12-10-28(5)11-13-29)18-15-16-14-17(32-7-2)8-9-19(16)24-22(18)31/h8-9,14-15,20H,6-7,10-13H2,1-5H3,(H,24,31). The third-order valence-corrected chi connectivity index (χ3v) is 6.53. The van der Waals surface area contributed by atoms with Crippen LogP contribution >= 0.6 is 0 Å². The highest BCUT2D eigenvalue weighted by molar-refractivity contribution is 5.80. The number of tetrazole rings is 1. The first kappa shape index (κ1) is 22.4. The van der Waals surface area contributed by atoms with Gasteiger partial charge in [-0.1, -0.05) is 6.92 Å². The highest BCUT2D eigenvalue weighted by Crippen LogP contribution is 2.31. The highest BCUT2D eigenvalue weighted by Gasteiger charge is 2.35. The Morgan fingerprint density at radius 1 is 1.16 bits per heavy atom. The Bertz CT molecular complexity index is 1130. The molecule has 4 rings (SSSR count). The molecule has 9 heteroatoms. The molecule has 1 aliphatic rings. The number of likely N-dealkylation sites (N-methyl/N-ethyl adjacent to an activating group) is 1. The van der Waals surface area contributed by atoms with E-state index in [1.807, 2.05) is 35.9 Å². The molecule has 0 bridgehead atoms. The number of ether oxygens (including phenoxy) is 1. The van der Waals surface area contributed by atoms with Gasteiger partial charge in [-0.05, 0) is 68.9 Å². The van der Waals surface area contributed by atoms with Gasteiger partial charge in [0.05, 0.1) is 12.1 Å². The van der Waals surface area contributed by atoms with Gasteiger partial charge in [-0.25, -0.2) is 4.68 Å². The van der Waals surface area contributed by atoms with E-state index < -0.39 is 0 Å². The van der Waals surface area contributed by atoms with Crippen LogP contribution in [0.4, 0.5) is 0 Å². The van der Waals surface area contributed by atoms with Crippen LogP contribution in [0.2, 0.25) is 0 Å². The number of aromatic nitrogens is 5. The molecule has 2 aromatic heterocycles. The number of nitrogens with one attached hydrogen (secondary N) is 1. The third kappa shape index (κ3) is 4.27. The molecule has 3 heterocycles. The highest BCUT2D eigenvalue weighted by atomic mass is 16.5. The summed E-state index contributed by atoms with van der Waals surface area (Å²) < 4.78 is 7.56. The second-order valence-electron chi connectivity index (χ2n) is 9.09. The molecule has 9 nitrogen and oxygen atoms in total. The zero-order valence-electron chi connectivity index (χ0n) is 19.6. The number of H-pyrrole nitrogens is 1. The van der Waals surface area contributed by atoms with Crippen LogP contribution in [0, 0.1) is 0 Å². The lowest BCUT2D eigenvalue weighted by Gasteiger charge is -2.38. The molecule has 1 atom stereocenters. The summed E-state index contributed by atoms with van der Waals surface area (Å²) in [7, 11) is 2.12. The Kier molecular flexibility index (Phi) is 6.30. The van der Waals surface area contributed by atoms with Crippen LogP contribution in [0.1, 0.15) is 51.5 Å². The average molecular weight is 440 g/mol. The first-order chi connectivity index (χ1) is 15.3. The van der Waals surface area contributed by atoms with Gasteiger partial charge in [-0.15, -0.1) is 5.10 Å². The van der Waals surface area contributed by atoms with E-state index >= 15 is 0 Å². The van der Waals surface area contributed by atoms with E-state index in [2.05, 4.69) is 58.1 Å². The number of piperazine rings is 1.